The minimum Gasteiger partial charge on any atom is -0.386 e. The number of piperidine rings is 1. The van der Waals surface area contributed by atoms with Gasteiger partial charge in [-0.2, -0.15) is 0 Å². The zero-order valence-electron chi connectivity index (χ0n) is 19.7. The smallest absolute Gasteiger partial charge is 0.222 e. The molecule has 0 radical (unpaired) electrons. The van der Waals surface area contributed by atoms with Gasteiger partial charge in [-0.25, -0.2) is 4.98 Å². The van der Waals surface area contributed by atoms with Gasteiger partial charge >= 0.3 is 0 Å². The second kappa shape index (κ2) is 9.02. The molecule has 0 aliphatic carbocycles. The molecule has 4 heterocycles. The number of amides is 1. The number of benzene rings is 1. The number of hydrogen-bond donors (Lipinski definition) is 2. The maximum absolute atomic E-state index is 12.9. The Bertz CT molecular complexity index is 1330. The van der Waals surface area contributed by atoms with Crippen LogP contribution in [-0.2, 0) is 11.2 Å². The number of carbonyl (C=O) groups is 1. The van der Waals surface area contributed by atoms with Crippen molar-refractivity contribution in [1.29, 1.82) is 0 Å². The van der Waals surface area contributed by atoms with Crippen LogP contribution in [0.4, 0.5) is 5.69 Å². The Hall–Kier alpha value is -3.52. The van der Waals surface area contributed by atoms with Crippen molar-refractivity contribution in [2.45, 2.75) is 38.2 Å². The highest BCUT2D eigenvalue weighted by Crippen LogP contribution is 2.30. The molecule has 1 amide bonds. The first-order valence-electron chi connectivity index (χ1n) is 11.8. The van der Waals surface area contributed by atoms with Crippen LogP contribution in [0.5, 0.6) is 0 Å². The van der Waals surface area contributed by atoms with Gasteiger partial charge in [-0.1, -0.05) is 6.07 Å². The number of nitrogens with one attached hydrogen (secondary N) is 1. The number of likely N-dealkylation sites (N-methyl/N-ethyl adjacent to an activating group) is 1. The number of aromatic amines is 1. The van der Waals surface area contributed by atoms with Gasteiger partial charge in [-0.3, -0.25) is 14.8 Å². The van der Waals surface area contributed by atoms with Crippen LogP contribution >= 0.6 is 0 Å². The molecule has 8 nitrogen and oxygen atoms in total. The third-order valence-corrected chi connectivity index (χ3v) is 6.62. The average Bonchev–Trinajstić information content (AvgIpc) is 3.21. The maximum atomic E-state index is 12.9. The van der Waals surface area contributed by atoms with Gasteiger partial charge in [0.2, 0.25) is 5.91 Å². The first-order chi connectivity index (χ1) is 16.4. The van der Waals surface area contributed by atoms with E-state index in [4.69, 9.17) is 0 Å². The molecular weight excluding hydrogens is 428 g/mol. The molecule has 5 rings (SSSR count). The third-order valence-electron chi connectivity index (χ3n) is 6.62. The number of nitrogens with zero attached hydrogens (tertiary/aromatic N) is 5. The molecule has 0 saturated carbocycles. The van der Waals surface area contributed by atoms with Crippen LogP contribution in [0.15, 0.2) is 48.8 Å². The number of carbonyl (C=O) groups excluding carboxylic acids is 1. The van der Waals surface area contributed by atoms with Crippen molar-refractivity contribution in [2.24, 2.45) is 0 Å². The van der Waals surface area contributed by atoms with Gasteiger partial charge in [0.25, 0.3) is 0 Å². The lowest BCUT2D eigenvalue weighted by molar-refractivity contribution is -0.133. The van der Waals surface area contributed by atoms with Crippen molar-refractivity contribution in [3.05, 3.63) is 60.2 Å². The number of aryl methyl sites for hydroxylation is 2. The van der Waals surface area contributed by atoms with Crippen molar-refractivity contribution in [3.8, 4) is 0 Å². The zero-order chi connectivity index (χ0) is 23.7. The van der Waals surface area contributed by atoms with E-state index in [9.17, 15) is 9.90 Å². The predicted molar refractivity (Wildman–Crippen MR) is 133 cm³/mol. The number of aliphatic hydroxyl groups is 1. The Morgan fingerprint density at radius 1 is 1.21 bits per heavy atom. The largest absolute Gasteiger partial charge is 0.386 e. The Morgan fingerprint density at radius 3 is 2.97 bits per heavy atom. The molecule has 3 aromatic heterocycles. The molecule has 4 aromatic rings. The summed E-state index contributed by atoms with van der Waals surface area (Å²) in [5.41, 5.74) is 4.70. The van der Waals surface area contributed by atoms with E-state index in [0.29, 0.717) is 32.4 Å². The SMILES string of the molecule is Cc1nc2ccc(CCC(=O)N(C)C[C@@]3(O)CCCN(c4ccnc5cccnc45)C3)cc2[nH]1. The number of fused-ring (bicyclic) bond motifs is 2. The van der Waals surface area contributed by atoms with Crippen molar-refractivity contribution in [1.82, 2.24) is 24.8 Å². The molecule has 2 N–H and O–H groups in total. The lowest BCUT2D eigenvalue weighted by Crippen LogP contribution is -2.54. The number of rotatable bonds is 6. The normalized spacial score (nSPS) is 18.5. The van der Waals surface area contributed by atoms with Gasteiger partial charge in [-0.15, -0.1) is 0 Å². The molecule has 1 atom stereocenters. The molecular formula is C26H30N6O2. The first kappa shape index (κ1) is 22.3. The standard InChI is InChI=1S/C26H30N6O2/c1-18-29-20-8-6-19(15-22(20)30-18)7-9-24(33)31(2)16-26(34)11-4-14-32(17-26)23-10-13-27-21-5-3-12-28-25(21)23/h3,5-6,8,10,12-13,15,34H,4,7,9,11,14,16-17H2,1-2H3,(H,29,30)/t26-/m0/s1. The summed E-state index contributed by atoms with van der Waals surface area (Å²) in [5, 5.41) is 11.4. The van der Waals surface area contributed by atoms with E-state index in [2.05, 4.69) is 30.9 Å². The number of anilines is 1. The van der Waals surface area contributed by atoms with Crippen LogP contribution in [0.2, 0.25) is 0 Å². The quantitative estimate of drug-likeness (QED) is 0.460. The Labute approximate surface area is 198 Å². The molecule has 176 valence electrons. The summed E-state index contributed by atoms with van der Waals surface area (Å²) in [5.74, 6) is 0.913. The number of hydrogen-bond acceptors (Lipinski definition) is 6. The van der Waals surface area contributed by atoms with E-state index in [-0.39, 0.29) is 5.91 Å². The molecule has 1 aromatic carbocycles. The van der Waals surface area contributed by atoms with E-state index in [0.717, 1.165) is 52.1 Å². The van der Waals surface area contributed by atoms with Gasteiger partial charge in [0.05, 0.1) is 34.4 Å². The summed E-state index contributed by atoms with van der Waals surface area (Å²) in [4.78, 5) is 33.3. The number of pyridine rings is 2. The van der Waals surface area contributed by atoms with E-state index in [1.807, 2.05) is 37.3 Å². The number of aromatic nitrogens is 4. The molecule has 0 spiro atoms. The van der Waals surface area contributed by atoms with Crippen LogP contribution < -0.4 is 4.90 Å². The van der Waals surface area contributed by atoms with E-state index in [1.165, 1.54) is 0 Å². The second-order valence-corrected chi connectivity index (χ2v) is 9.37. The lowest BCUT2D eigenvalue weighted by Gasteiger charge is -2.42. The maximum Gasteiger partial charge on any atom is 0.222 e. The fraction of sp³-hybridized carbons (Fsp3) is 0.385. The highest BCUT2D eigenvalue weighted by molar-refractivity contribution is 5.87. The minimum absolute atomic E-state index is 0.0301. The molecule has 0 unspecified atom stereocenters. The van der Waals surface area contributed by atoms with Crippen LogP contribution in [0.1, 0.15) is 30.7 Å². The lowest BCUT2D eigenvalue weighted by atomic mass is 9.91. The van der Waals surface area contributed by atoms with Gasteiger partial charge in [0, 0.05) is 39.0 Å². The van der Waals surface area contributed by atoms with Gasteiger partial charge < -0.3 is 19.9 Å². The van der Waals surface area contributed by atoms with Crippen molar-refractivity contribution in [2.75, 3.05) is 31.6 Å². The van der Waals surface area contributed by atoms with E-state index in [1.54, 1.807) is 24.3 Å². The van der Waals surface area contributed by atoms with Crippen LogP contribution in [-0.4, -0.2) is 68.1 Å². The Kier molecular flexibility index (Phi) is 5.91. The predicted octanol–water partition coefficient (Wildman–Crippen LogP) is 3.24. The molecule has 0 bridgehead atoms. The molecule has 34 heavy (non-hydrogen) atoms. The first-order valence-corrected chi connectivity index (χ1v) is 11.8. The molecule has 1 aliphatic rings. The second-order valence-electron chi connectivity index (χ2n) is 9.37. The summed E-state index contributed by atoms with van der Waals surface area (Å²) in [6.45, 7) is 3.53. The van der Waals surface area contributed by atoms with E-state index < -0.39 is 5.60 Å². The van der Waals surface area contributed by atoms with Crippen LogP contribution in [0, 0.1) is 6.92 Å². The molecule has 1 fully saturated rings. The monoisotopic (exact) mass is 458 g/mol. The molecule has 1 aliphatic heterocycles. The fourth-order valence-electron chi connectivity index (χ4n) is 4.98. The number of imidazole rings is 1. The average molecular weight is 459 g/mol. The van der Waals surface area contributed by atoms with Crippen LogP contribution in [0.3, 0.4) is 0 Å². The summed E-state index contributed by atoms with van der Waals surface area (Å²) in [7, 11) is 1.78. The van der Waals surface area contributed by atoms with Crippen LogP contribution in [0.25, 0.3) is 22.1 Å². The third kappa shape index (κ3) is 4.59. The van der Waals surface area contributed by atoms with Gasteiger partial charge in [-0.05, 0) is 62.1 Å². The van der Waals surface area contributed by atoms with Crippen molar-refractivity contribution in [3.63, 3.8) is 0 Å². The highest BCUT2D eigenvalue weighted by atomic mass is 16.3. The number of β-amino-alcohol motifs (C(OH)–C–C–N with tert-alkyl or cyclic N) is 1. The van der Waals surface area contributed by atoms with Crippen molar-refractivity contribution < 1.29 is 9.90 Å². The summed E-state index contributed by atoms with van der Waals surface area (Å²) >= 11 is 0. The Morgan fingerprint density at radius 2 is 2.09 bits per heavy atom. The zero-order valence-corrected chi connectivity index (χ0v) is 19.7. The van der Waals surface area contributed by atoms with Crippen molar-refractivity contribution >= 4 is 33.7 Å². The highest BCUT2D eigenvalue weighted by Gasteiger charge is 2.36. The number of H-pyrrole nitrogens is 1. The van der Waals surface area contributed by atoms with E-state index >= 15 is 0 Å². The summed E-state index contributed by atoms with van der Waals surface area (Å²) < 4.78 is 0. The minimum atomic E-state index is -0.973. The molecule has 1 saturated heterocycles. The summed E-state index contributed by atoms with van der Waals surface area (Å²) in [6, 6.07) is 11.8. The van der Waals surface area contributed by atoms with Gasteiger partial charge in [0.1, 0.15) is 11.3 Å². The topological polar surface area (TPSA) is 98.2 Å². The van der Waals surface area contributed by atoms with Gasteiger partial charge in [0.15, 0.2) is 0 Å². The Balaban J connectivity index is 1.23. The molecule has 8 heteroatoms. The summed E-state index contributed by atoms with van der Waals surface area (Å²) in [6.07, 6.45) is 6.10. The fourth-order valence-corrected chi connectivity index (χ4v) is 4.98.